The summed E-state index contributed by atoms with van der Waals surface area (Å²) in [5.74, 6) is -1.78. The highest BCUT2D eigenvalue weighted by atomic mass is 31.2. The second-order valence-electron chi connectivity index (χ2n) is 7.09. The smallest absolute Gasteiger partial charge is 0.334 e. The van der Waals surface area contributed by atoms with E-state index in [1.54, 1.807) is 19.1 Å². The molecule has 0 radical (unpaired) electrons. The van der Waals surface area contributed by atoms with Crippen LogP contribution >= 0.6 is 8.38 Å². The summed E-state index contributed by atoms with van der Waals surface area (Å²) in [6.45, 7) is 7.46. The Bertz CT molecular complexity index is 871. The first-order valence-electron chi connectivity index (χ1n) is 8.99. The Labute approximate surface area is 164 Å². The molecule has 2 aliphatic heterocycles. The van der Waals surface area contributed by atoms with Crippen molar-refractivity contribution in [3.05, 3.63) is 62.2 Å². The van der Waals surface area contributed by atoms with Gasteiger partial charge in [0.2, 0.25) is 8.38 Å². The largest absolute Gasteiger partial charge is 0.478 e. The van der Waals surface area contributed by atoms with E-state index >= 15 is 0 Å². The number of hydrogen-bond acceptors (Lipinski definition) is 6. The third kappa shape index (κ3) is 3.94. The van der Waals surface area contributed by atoms with Crippen LogP contribution in [0.25, 0.3) is 0 Å². The fourth-order valence-corrected chi connectivity index (χ4v) is 5.59. The lowest BCUT2D eigenvalue weighted by Crippen LogP contribution is -2.30. The molecule has 1 unspecified atom stereocenters. The topological polar surface area (TPSA) is 111 Å². The van der Waals surface area contributed by atoms with Crippen LogP contribution in [-0.4, -0.2) is 28.2 Å². The van der Waals surface area contributed by atoms with Crippen molar-refractivity contribution in [1.29, 1.82) is 0 Å². The van der Waals surface area contributed by atoms with E-state index in [0.29, 0.717) is 16.6 Å². The highest BCUT2D eigenvalue weighted by Crippen LogP contribution is 2.61. The summed E-state index contributed by atoms with van der Waals surface area (Å²) in [7, 11) is -1.52. The average molecular weight is 406 g/mol. The zero-order valence-corrected chi connectivity index (χ0v) is 17.0. The van der Waals surface area contributed by atoms with E-state index in [1.807, 2.05) is 20.8 Å². The van der Waals surface area contributed by atoms with Gasteiger partial charge in [0, 0.05) is 41.2 Å². The number of carbonyl (C=O) groups is 1. The SMILES string of the molecule is CC1=C(C(=O)O)C(c2cccc([N+](=O)[O-])c2)C(P2O[C@H](C)C[C@@H](C)O2)=C(C)N1. The number of hydrogen-bond donors (Lipinski definition) is 2. The number of dihydropyridines is 1. The van der Waals surface area contributed by atoms with Gasteiger partial charge in [0.15, 0.2) is 0 Å². The van der Waals surface area contributed by atoms with Crippen LogP contribution in [0.4, 0.5) is 5.69 Å². The number of nitrogens with zero attached hydrogens (tertiary/aromatic N) is 1. The van der Waals surface area contributed by atoms with Crippen molar-refractivity contribution in [2.45, 2.75) is 52.2 Å². The summed E-state index contributed by atoms with van der Waals surface area (Å²) in [4.78, 5) is 22.9. The maximum atomic E-state index is 12.1. The third-order valence-electron chi connectivity index (χ3n) is 4.78. The molecule has 1 saturated heterocycles. The molecule has 0 bridgehead atoms. The van der Waals surface area contributed by atoms with Crippen molar-refractivity contribution in [2.24, 2.45) is 0 Å². The standard InChI is InChI=1S/C19H23N2O6P/c1-10-8-11(2)27-28(26-10)18-13(4)20-12(3)16(19(22)23)17(18)14-6-5-7-15(9-14)21(24)25/h5-7,9-11,17,20H,8H2,1-4H3,(H,22,23)/t10-,11-,17?/m1/s1. The molecule has 9 heteroatoms. The Hall–Kier alpha value is -2.28. The van der Waals surface area contributed by atoms with E-state index < -0.39 is 25.2 Å². The minimum absolute atomic E-state index is 0.0267. The summed E-state index contributed by atoms with van der Waals surface area (Å²) in [6.07, 6.45) is 0.697. The van der Waals surface area contributed by atoms with E-state index in [4.69, 9.17) is 9.05 Å². The van der Waals surface area contributed by atoms with E-state index in [0.717, 1.165) is 12.1 Å². The molecule has 2 heterocycles. The van der Waals surface area contributed by atoms with Crippen molar-refractivity contribution >= 4 is 20.0 Å². The molecule has 0 amide bonds. The lowest BCUT2D eigenvalue weighted by molar-refractivity contribution is -0.384. The summed E-state index contributed by atoms with van der Waals surface area (Å²) in [5, 5.41) is 25.0. The maximum absolute atomic E-state index is 12.1. The van der Waals surface area contributed by atoms with Crippen LogP contribution in [0.3, 0.4) is 0 Å². The average Bonchev–Trinajstić information content (AvgIpc) is 2.59. The second-order valence-corrected chi connectivity index (χ2v) is 8.51. The fraction of sp³-hybridized carbons (Fsp3) is 0.421. The zero-order chi connectivity index (χ0) is 20.6. The van der Waals surface area contributed by atoms with Gasteiger partial charge < -0.3 is 19.5 Å². The molecule has 0 spiro atoms. The van der Waals surface area contributed by atoms with Crippen LogP contribution in [-0.2, 0) is 13.8 Å². The van der Waals surface area contributed by atoms with Crippen LogP contribution in [0.2, 0.25) is 0 Å². The number of aliphatic carboxylic acids is 1. The molecule has 1 fully saturated rings. The minimum Gasteiger partial charge on any atom is -0.478 e. The van der Waals surface area contributed by atoms with Crippen molar-refractivity contribution in [2.75, 3.05) is 0 Å². The number of non-ortho nitro benzene ring substituents is 1. The molecule has 2 N–H and O–H groups in total. The Kier molecular flexibility index (Phi) is 5.84. The summed E-state index contributed by atoms with van der Waals surface area (Å²) < 4.78 is 12.1. The zero-order valence-electron chi connectivity index (χ0n) is 16.1. The highest BCUT2D eigenvalue weighted by Gasteiger charge is 2.41. The van der Waals surface area contributed by atoms with Crippen LogP contribution in [0.1, 0.15) is 45.6 Å². The summed E-state index contributed by atoms with van der Waals surface area (Å²) >= 11 is 0. The Morgan fingerprint density at radius 2 is 1.89 bits per heavy atom. The van der Waals surface area contributed by atoms with Gasteiger partial charge in [-0.3, -0.25) is 10.1 Å². The van der Waals surface area contributed by atoms with Crippen LogP contribution in [0.5, 0.6) is 0 Å². The molecule has 8 nitrogen and oxygen atoms in total. The third-order valence-corrected chi connectivity index (χ3v) is 6.87. The lowest BCUT2D eigenvalue weighted by Gasteiger charge is -2.38. The van der Waals surface area contributed by atoms with Crippen LogP contribution in [0.15, 0.2) is 46.5 Å². The molecule has 0 aromatic heterocycles. The number of carboxylic acids is 1. The van der Waals surface area contributed by atoms with E-state index in [-0.39, 0.29) is 23.5 Å². The quantitative estimate of drug-likeness (QED) is 0.433. The number of nitro benzene ring substituents is 1. The van der Waals surface area contributed by atoms with Gasteiger partial charge in [-0.2, -0.15) is 0 Å². The van der Waals surface area contributed by atoms with E-state index in [1.165, 1.54) is 12.1 Å². The number of benzene rings is 1. The first-order chi connectivity index (χ1) is 13.2. The molecule has 150 valence electrons. The first-order valence-corrected chi connectivity index (χ1v) is 10.2. The first kappa shape index (κ1) is 20.5. The number of carboxylic acid groups (broad SMARTS) is 1. The predicted octanol–water partition coefficient (Wildman–Crippen LogP) is 4.40. The number of nitro groups is 1. The molecule has 0 saturated carbocycles. The maximum Gasteiger partial charge on any atom is 0.334 e. The van der Waals surface area contributed by atoms with Crippen molar-refractivity contribution in [1.82, 2.24) is 5.32 Å². The van der Waals surface area contributed by atoms with Gasteiger partial charge in [0.25, 0.3) is 5.69 Å². The lowest BCUT2D eigenvalue weighted by atomic mass is 9.86. The Morgan fingerprint density at radius 1 is 1.25 bits per heavy atom. The Balaban J connectivity index is 2.15. The monoisotopic (exact) mass is 406 g/mol. The Morgan fingerprint density at radius 3 is 2.46 bits per heavy atom. The number of nitrogens with one attached hydrogen (secondary N) is 1. The van der Waals surface area contributed by atoms with Crippen molar-refractivity contribution in [3.8, 4) is 0 Å². The van der Waals surface area contributed by atoms with Crippen molar-refractivity contribution < 1.29 is 23.9 Å². The van der Waals surface area contributed by atoms with Gasteiger partial charge in [-0.15, -0.1) is 0 Å². The molecular formula is C19H23N2O6P. The van der Waals surface area contributed by atoms with Gasteiger partial charge >= 0.3 is 5.97 Å². The van der Waals surface area contributed by atoms with Gasteiger partial charge in [-0.05, 0) is 33.3 Å². The number of allylic oxidation sites excluding steroid dienone is 3. The molecule has 3 atom stereocenters. The predicted molar refractivity (Wildman–Crippen MR) is 105 cm³/mol. The molecule has 2 aliphatic rings. The normalized spacial score (nSPS) is 28.1. The van der Waals surface area contributed by atoms with Crippen LogP contribution in [0, 0.1) is 10.1 Å². The van der Waals surface area contributed by atoms with E-state index in [9.17, 15) is 20.0 Å². The fourth-order valence-electron chi connectivity index (χ4n) is 3.67. The summed E-state index contributed by atoms with van der Waals surface area (Å²) in [5.41, 5.74) is 1.84. The summed E-state index contributed by atoms with van der Waals surface area (Å²) in [6, 6.07) is 6.09. The number of rotatable bonds is 4. The highest BCUT2D eigenvalue weighted by molar-refractivity contribution is 7.52. The molecule has 1 aromatic carbocycles. The molecule has 1 aromatic rings. The molecule has 3 rings (SSSR count). The molecule has 0 aliphatic carbocycles. The molecular weight excluding hydrogens is 383 g/mol. The van der Waals surface area contributed by atoms with Gasteiger partial charge in [0.1, 0.15) is 0 Å². The second kappa shape index (κ2) is 7.99. The van der Waals surface area contributed by atoms with Gasteiger partial charge in [-0.25, -0.2) is 4.79 Å². The van der Waals surface area contributed by atoms with E-state index in [2.05, 4.69) is 5.32 Å². The molecule has 28 heavy (non-hydrogen) atoms. The van der Waals surface area contributed by atoms with Gasteiger partial charge in [-0.1, -0.05) is 12.1 Å². The van der Waals surface area contributed by atoms with Gasteiger partial charge in [0.05, 0.1) is 22.7 Å². The van der Waals surface area contributed by atoms with Crippen LogP contribution < -0.4 is 5.32 Å². The minimum atomic E-state index is -1.52. The van der Waals surface area contributed by atoms with Crippen molar-refractivity contribution in [3.63, 3.8) is 0 Å².